The van der Waals surface area contributed by atoms with Crippen LogP contribution in [0.2, 0.25) is 0 Å². The molecule has 2 N–H and O–H groups in total. The van der Waals surface area contributed by atoms with Crippen LogP contribution >= 0.6 is 0 Å². The Balaban J connectivity index is 1.56. The van der Waals surface area contributed by atoms with Crippen molar-refractivity contribution in [1.82, 2.24) is 10.0 Å². The summed E-state index contributed by atoms with van der Waals surface area (Å²) in [6.07, 6.45) is 0. The molecule has 0 aliphatic rings. The Labute approximate surface area is 171 Å². The predicted molar refractivity (Wildman–Crippen MR) is 114 cm³/mol. The van der Waals surface area contributed by atoms with Crippen LogP contribution in [0.3, 0.4) is 0 Å². The van der Waals surface area contributed by atoms with Crippen LogP contribution in [0.1, 0.15) is 32.6 Å². The number of carbonyl (C=O) groups excluding carboxylic acids is 1. The normalized spacial score (nSPS) is 11.2. The maximum absolute atomic E-state index is 12.4. The van der Waals surface area contributed by atoms with E-state index in [1.54, 1.807) is 24.3 Å². The zero-order valence-corrected chi connectivity index (χ0v) is 17.3. The number of nitrogens with one attached hydrogen (secondary N) is 2. The number of benzene rings is 3. The van der Waals surface area contributed by atoms with Crippen molar-refractivity contribution in [1.29, 1.82) is 0 Å². The van der Waals surface area contributed by atoms with Crippen molar-refractivity contribution in [3.63, 3.8) is 0 Å². The summed E-state index contributed by atoms with van der Waals surface area (Å²) >= 11 is 0. The fourth-order valence-corrected chi connectivity index (χ4v) is 4.05. The Morgan fingerprint density at radius 3 is 2.14 bits per heavy atom. The second kappa shape index (κ2) is 9.03. The van der Waals surface area contributed by atoms with E-state index in [0.717, 1.165) is 22.3 Å². The summed E-state index contributed by atoms with van der Waals surface area (Å²) in [5.41, 5.74) is 4.27. The van der Waals surface area contributed by atoms with Gasteiger partial charge in [-0.1, -0.05) is 54.6 Å². The summed E-state index contributed by atoms with van der Waals surface area (Å²) in [5.74, 6) is -0.113. The first kappa shape index (κ1) is 20.8. The van der Waals surface area contributed by atoms with E-state index in [4.69, 9.17) is 0 Å². The SMILES string of the molecule is Cc1cccc(S(=O)(=O)NCc2ccc(CNC(=O)c3ccccc3C)cc2)c1. The van der Waals surface area contributed by atoms with Crippen LogP contribution in [0.4, 0.5) is 0 Å². The lowest BCUT2D eigenvalue weighted by molar-refractivity contribution is 0.0950. The first-order chi connectivity index (χ1) is 13.8. The number of rotatable bonds is 7. The van der Waals surface area contributed by atoms with Crippen LogP contribution in [0.5, 0.6) is 0 Å². The van der Waals surface area contributed by atoms with Crippen molar-refractivity contribution in [3.05, 3.63) is 101 Å². The van der Waals surface area contributed by atoms with Crippen molar-refractivity contribution in [2.75, 3.05) is 0 Å². The van der Waals surface area contributed by atoms with Crippen LogP contribution in [-0.4, -0.2) is 14.3 Å². The summed E-state index contributed by atoms with van der Waals surface area (Å²) < 4.78 is 27.4. The van der Waals surface area contributed by atoms with Gasteiger partial charge in [0.25, 0.3) is 5.91 Å². The molecule has 5 nitrogen and oxygen atoms in total. The van der Waals surface area contributed by atoms with Gasteiger partial charge in [-0.05, 0) is 54.3 Å². The van der Waals surface area contributed by atoms with E-state index in [2.05, 4.69) is 10.0 Å². The number of hydrogen-bond donors (Lipinski definition) is 2. The Hall–Kier alpha value is -2.96. The molecular weight excluding hydrogens is 384 g/mol. The summed E-state index contributed by atoms with van der Waals surface area (Å²) in [6.45, 7) is 4.37. The topological polar surface area (TPSA) is 75.3 Å². The molecule has 0 saturated carbocycles. The fourth-order valence-electron chi connectivity index (χ4n) is 2.92. The van der Waals surface area contributed by atoms with Crippen LogP contribution in [0.15, 0.2) is 77.7 Å². The van der Waals surface area contributed by atoms with E-state index in [1.807, 2.05) is 62.4 Å². The number of sulfonamides is 1. The second-order valence-electron chi connectivity index (χ2n) is 6.96. The largest absolute Gasteiger partial charge is 0.348 e. The zero-order valence-electron chi connectivity index (χ0n) is 16.5. The van der Waals surface area contributed by atoms with Gasteiger partial charge in [0.2, 0.25) is 10.0 Å². The number of hydrogen-bond acceptors (Lipinski definition) is 3. The van der Waals surface area contributed by atoms with Gasteiger partial charge in [-0.15, -0.1) is 0 Å². The van der Waals surface area contributed by atoms with E-state index < -0.39 is 10.0 Å². The molecule has 150 valence electrons. The molecule has 0 unspecified atom stereocenters. The van der Waals surface area contributed by atoms with E-state index in [9.17, 15) is 13.2 Å². The molecular formula is C23H24N2O3S. The molecule has 0 aromatic heterocycles. The van der Waals surface area contributed by atoms with E-state index in [0.29, 0.717) is 12.1 Å². The Kier molecular flexibility index (Phi) is 6.46. The molecule has 0 aliphatic heterocycles. The molecule has 3 rings (SSSR count). The van der Waals surface area contributed by atoms with Crippen LogP contribution in [-0.2, 0) is 23.1 Å². The molecule has 0 atom stereocenters. The van der Waals surface area contributed by atoms with Gasteiger partial charge in [-0.3, -0.25) is 4.79 Å². The zero-order chi connectivity index (χ0) is 20.9. The number of amides is 1. The lowest BCUT2D eigenvalue weighted by Gasteiger charge is -2.10. The van der Waals surface area contributed by atoms with Gasteiger partial charge in [0, 0.05) is 18.7 Å². The van der Waals surface area contributed by atoms with Gasteiger partial charge in [-0.2, -0.15) is 0 Å². The predicted octanol–water partition coefficient (Wildman–Crippen LogP) is 3.71. The lowest BCUT2D eigenvalue weighted by atomic mass is 10.1. The standard InChI is InChI=1S/C23H24N2O3S/c1-17-6-5-8-21(14-17)29(27,28)25-16-20-12-10-19(11-13-20)15-24-23(26)22-9-4-3-7-18(22)2/h3-14,25H,15-16H2,1-2H3,(H,24,26). The van der Waals surface area contributed by atoms with E-state index in [1.165, 1.54) is 0 Å². The number of carbonyl (C=O) groups is 1. The van der Waals surface area contributed by atoms with Crippen LogP contribution in [0.25, 0.3) is 0 Å². The molecule has 0 heterocycles. The molecule has 3 aromatic rings. The summed E-state index contributed by atoms with van der Waals surface area (Å²) in [7, 11) is -3.55. The minimum atomic E-state index is -3.55. The fraction of sp³-hybridized carbons (Fsp3) is 0.174. The molecule has 3 aromatic carbocycles. The Morgan fingerprint density at radius 2 is 1.48 bits per heavy atom. The van der Waals surface area contributed by atoms with Gasteiger partial charge < -0.3 is 5.32 Å². The van der Waals surface area contributed by atoms with Crippen molar-refractivity contribution in [2.45, 2.75) is 31.8 Å². The Bertz CT molecular complexity index is 1110. The highest BCUT2D eigenvalue weighted by atomic mass is 32.2. The second-order valence-corrected chi connectivity index (χ2v) is 8.72. The van der Waals surface area contributed by atoms with Gasteiger partial charge in [0.1, 0.15) is 0 Å². The molecule has 0 spiro atoms. The molecule has 1 amide bonds. The monoisotopic (exact) mass is 408 g/mol. The Morgan fingerprint density at radius 1 is 0.828 bits per heavy atom. The maximum Gasteiger partial charge on any atom is 0.251 e. The minimum absolute atomic E-state index is 0.113. The van der Waals surface area contributed by atoms with Gasteiger partial charge in [-0.25, -0.2) is 13.1 Å². The maximum atomic E-state index is 12.4. The van der Waals surface area contributed by atoms with Gasteiger partial charge >= 0.3 is 0 Å². The minimum Gasteiger partial charge on any atom is -0.348 e. The molecule has 0 bridgehead atoms. The molecule has 0 radical (unpaired) electrons. The van der Waals surface area contributed by atoms with E-state index in [-0.39, 0.29) is 17.3 Å². The molecule has 0 aliphatic carbocycles. The molecule has 29 heavy (non-hydrogen) atoms. The first-order valence-corrected chi connectivity index (χ1v) is 10.8. The molecule has 6 heteroatoms. The van der Waals surface area contributed by atoms with Crippen LogP contribution in [0, 0.1) is 13.8 Å². The van der Waals surface area contributed by atoms with Gasteiger partial charge in [0.05, 0.1) is 4.90 Å². The summed E-state index contributed by atoms with van der Waals surface area (Å²) in [4.78, 5) is 12.5. The van der Waals surface area contributed by atoms with Crippen LogP contribution < -0.4 is 10.0 Å². The van der Waals surface area contributed by atoms with Crippen molar-refractivity contribution in [3.8, 4) is 0 Å². The summed E-state index contributed by atoms with van der Waals surface area (Å²) in [6, 6.07) is 21.7. The average molecular weight is 409 g/mol. The van der Waals surface area contributed by atoms with Gasteiger partial charge in [0.15, 0.2) is 0 Å². The van der Waals surface area contributed by atoms with Crippen molar-refractivity contribution in [2.24, 2.45) is 0 Å². The third-order valence-electron chi connectivity index (χ3n) is 4.63. The number of aryl methyl sites for hydroxylation is 2. The first-order valence-electron chi connectivity index (χ1n) is 9.33. The smallest absolute Gasteiger partial charge is 0.251 e. The average Bonchev–Trinajstić information content (AvgIpc) is 2.72. The van der Waals surface area contributed by atoms with Crippen molar-refractivity contribution < 1.29 is 13.2 Å². The highest BCUT2D eigenvalue weighted by Crippen LogP contribution is 2.12. The lowest BCUT2D eigenvalue weighted by Crippen LogP contribution is -2.24. The highest BCUT2D eigenvalue weighted by molar-refractivity contribution is 7.89. The highest BCUT2D eigenvalue weighted by Gasteiger charge is 2.13. The van der Waals surface area contributed by atoms with E-state index >= 15 is 0 Å². The summed E-state index contributed by atoms with van der Waals surface area (Å²) in [5, 5.41) is 2.91. The third-order valence-corrected chi connectivity index (χ3v) is 6.03. The molecule has 0 fully saturated rings. The molecule has 0 saturated heterocycles. The van der Waals surface area contributed by atoms with Crippen molar-refractivity contribution >= 4 is 15.9 Å². The quantitative estimate of drug-likeness (QED) is 0.626. The third kappa shape index (κ3) is 5.53.